The molecule has 1 aromatic heterocycles. The quantitative estimate of drug-likeness (QED) is 0.389. The lowest BCUT2D eigenvalue weighted by molar-refractivity contribution is 0.195. The van der Waals surface area contributed by atoms with Gasteiger partial charge in [-0.25, -0.2) is 17.6 Å². The molecule has 4 rings (SSSR count). The fraction of sp³-hybridized carbons (Fsp3) is 0.385. The van der Waals surface area contributed by atoms with Crippen molar-refractivity contribution >= 4 is 39.0 Å². The number of hydrogen-bond acceptors (Lipinski definition) is 7. The van der Waals surface area contributed by atoms with Crippen LogP contribution in [0.15, 0.2) is 58.8 Å². The summed E-state index contributed by atoms with van der Waals surface area (Å²) in [5.74, 6) is -1.34. The molecule has 1 fully saturated rings. The average Bonchev–Trinajstić information content (AvgIpc) is 3.48. The smallest absolute Gasteiger partial charge is 0.413 e. The van der Waals surface area contributed by atoms with Gasteiger partial charge in [0.15, 0.2) is 15.7 Å². The Labute approximate surface area is 220 Å². The number of nitrogens with zero attached hydrogens (tertiary/aromatic N) is 3. The number of likely N-dealkylation sites (tertiary alicyclic amines) is 1. The molecule has 0 bridgehead atoms. The molecule has 0 spiro atoms. The summed E-state index contributed by atoms with van der Waals surface area (Å²) in [5, 5.41) is 14.7. The maximum absolute atomic E-state index is 15.2. The van der Waals surface area contributed by atoms with Crippen LogP contribution in [0, 0.1) is 12.7 Å². The van der Waals surface area contributed by atoms with Crippen LogP contribution in [0.2, 0.25) is 0 Å². The van der Waals surface area contributed by atoms with Crippen molar-refractivity contribution in [1.29, 1.82) is 0 Å². The maximum Gasteiger partial charge on any atom is 0.413 e. The van der Waals surface area contributed by atoms with Gasteiger partial charge in [-0.3, -0.25) is 9.80 Å². The number of anilines is 2. The molecule has 1 saturated heterocycles. The predicted molar refractivity (Wildman–Crippen MR) is 144 cm³/mol. The highest BCUT2D eigenvalue weighted by molar-refractivity contribution is 7.91. The fourth-order valence-electron chi connectivity index (χ4n) is 4.80. The van der Waals surface area contributed by atoms with E-state index >= 15 is 4.39 Å². The Morgan fingerprint density at radius 3 is 2.65 bits per heavy atom. The van der Waals surface area contributed by atoms with Crippen molar-refractivity contribution < 1.29 is 22.7 Å². The van der Waals surface area contributed by atoms with Crippen molar-refractivity contribution in [3.8, 4) is 0 Å². The standard InChI is InChI=1S/C26H31FN4O4S2/c1-18-13-23(37(34,35)17-26(2,3)31(25(32)33)24-10-12-36-29-24)21(27)14-22(18)28-20-9-11-30(16-20)15-19-7-5-4-6-8-19/h4-8,10,12-14,20,28H,9,11,15-17H2,1-3H3,(H,32,33)/t20-/m0/s1. The number of carboxylic acid groups (broad SMARTS) is 1. The lowest BCUT2D eigenvalue weighted by Crippen LogP contribution is -2.52. The Morgan fingerprint density at radius 2 is 2.00 bits per heavy atom. The van der Waals surface area contributed by atoms with E-state index in [4.69, 9.17) is 0 Å². The van der Waals surface area contributed by atoms with Crippen LogP contribution in [-0.2, 0) is 16.4 Å². The van der Waals surface area contributed by atoms with Crippen molar-refractivity contribution in [2.75, 3.05) is 29.1 Å². The Bertz CT molecular complexity index is 1350. The molecule has 2 N–H and O–H groups in total. The topological polar surface area (TPSA) is 103 Å². The van der Waals surface area contributed by atoms with Crippen LogP contribution in [0.4, 0.5) is 20.7 Å². The molecule has 0 aliphatic carbocycles. The number of aryl methyl sites for hydroxylation is 1. The van der Waals surface area contributed by atoms with E-state index in [-0.39, 0.29) is 11.9 Å². The summed E-state index contributed by atoms with van der Waals surface area (Å²) in [4.78, 5) is 14.7. The average molecular weight is 547 g/mol. The number of benzene rings is 2. The highest BCUT2D eigenvalue weighted by Crippen LogP contribution is 2.31. The van der Waals surface area contributed by atoms with E-state index in [1.807, 2.05) is 18.2 Å². The second kappa shape index (κ2) is 10.8. The zero-order valence-corrected chi connectivity index (χ0v) is 22.7. The molecule has 0 radical (unpaired) electrons. The summed E-state index contributed by atoms with van der Waals surface area (Å²) in [6.07, 6.45) is -0.441. The summed E-state index contributed by atoms with van der Waals surface area (Å²) in [6, 6.07) is 14.4. The molecule has 8 nitrogen and oxygen atoms in total. The maximum atomic E-state index is 15.2. The normalized spacial score (nSPS) is 16.6. The zero-order chi connectivity index (χ0) is 26.8. The summed E-state index contributed by atoms with van der Waals surface area (Å²) >= 11 is 1.06. The van der Waals surface area contributed by atoms with Gasteiger partial charge in [0.25, 0.3) is 0 Å². The number of sulfone groups is 1. The molecule has 198 valence electrons. The van der Waals surface area contributed by atoms with Gasteiger partial charge < -0.3 is 10.4 Å². The molecule has 1 atom stereocenters. The van der Waals surface area contributed by atoms with Gasteiger partial charge in [-0.1, -0.05) is 30.3 Å². The van der Waals surface area contributed by atoms with Crippen molar-refractivity contribution in [3.05, 3.63) is 70.9 Å². The van der Waals surface area contributed by atoms with Gasteiger partial charge in [0.05, 0.1) is 11.3 Å². The molecule has 0 unspecified atom stereocenters. The van der Waals surface area contributed by atoms with Crippen LogP contribution in [0.1, 0.15) is 31.4 Å². The molecule has 37 heavy (non-hydrogen) atoms. The van der Waals surface area contributed by atoms with Crippen molar-refractivity contribution in [1.82, 2.24) is 9.27 Å². The highest BCUT2D eigenvalue weighted by Gasteiger charge is 2.39. The van der Waals surface area contributed by atoms with Crippen LogP contribution in [0.5, 0.6) is 0 Å². The Balaban J connectivity index is 1.48. The van der Waals surface area contributed by atoms with Gasteiger partial charge in [-0.2, -0.15) is 4.37 Å². The second-order valence-corrected chi connectivity index (χ2v) is 12.6. The fourth-order valence-corrected chi connectivity index (χ4v) is 7.22. The number of aromatic nitrogens is 1. The first-order valence-corrected chi connectivity index (χ1v) is 14.4. The van der Waals surface area contributed by atoms with Gasteiger partial charge in [0.2, 0.25) is 0 Å². The predicted octanol–water partition coefficient (Wildman–Crippen LogP) is 5.01. The molecule has 1 aliphatic rings. The monoisotopic (exact) mass is 546 g/mol. The molecular weight excluding hydrogens is 515 g/mol. The Kier molecular flexibility index (Phi) is 7.86. The van der Waals surface area contributed by atoms with Crippen LogP contribution >= 0.6 is 11.5 Å². The number of rotatable bonds is 9. The van der Waals surface area contributed by atoms with Gasteiger partial charge in [-0.05, 0) is 68.1 Å². The van der Waals surface area contributed by atoms with Gasteiger partial charge >= 0.3 is 6.09 Å². The number of hydrogen-bond donors (Lipinski definition) is 2. The van der Waals surface area contributed by atoms with E-state index in [0.717, 1.165) is 42.5 Å². The molecule has 11 heteroatoms. The van der Waals surface area contributed by atoms with Gasteiger partial charge in [0, 0.05) is 36.7 Å². The second-order valence-electron chi connectivity index (χ2n) is 10.00. The largest absolute Gasteiger partial charge is 0.465 e. The first-order chi connectivity index (χ1) is 17.5. The van der Waals surface area contributed by atoms with Crippen molar-refractivity contribution in [2.24, 2.45) is 0 Å². The minimum atomic E-state index is -4.17. The van der Waals surface area contributed by atoms with Crippen LogP contribution < -0.4 is 10.2 Å². The molecular formula is C26H31FN4O4S2. The minimum Gasteiger partial charge on any atom is -0.465 e. The van der Waals surface area contributed by atoms with Crippen LogP contribution in [0.25, 0.3) is 0 Å². The van der Waals surface area contributed by atoms with E-state index in [1.54, 1.807) is 12.3 Å². The zero-order valence-electron chi connectivity index (χ0n) is 21.0. The molecule has 1 aliphatic heterocycles. The number of amides is 1. The van der Waals surface area contributed by atoms with E-state index in [0.29, 0.717) is 11.3 Å². The van der Waals surface area contributed by atoms with Crippen molar-refractivity contribution in [2.45, 2.75) is 50.2 Å². The SMILES string of the molecule is Cc1cc(S(=O)(=O)CC(C)(C)N(C(=O)O)c2ccsn2)c(F)cc1N[C@H]1CCN(Cc2ccccc2)C1. The Morgan fingerprint density at radius 1 is 1.27 bits per heavy atom. The molecule has 2 heterocycles. The van der Waals surface area contributed by atoms with E-state index < -0.39 is 37.9 Å². The summed E-state index contributed by atoms with van der Waals surface area (Å²) in [5.41, 5.74) is 1.01. The Hall–Kier alpha value is -3.02. The lowest BCUT2D eigenvalue weighted by atomic mass is 10.1. The number of halogens is 1. The minimum absolute atomic E-state index is 0.116. The number of carbonyl (C=O) groups is 1. The van der Waals surface area contributed by atoms with E-state index in [2.05, 4.69) is 26.7 Å². The third-order valence-electron chi connectivity index (χ3n) is 6.49. The van der Waals surface area contributed by atoms with E-state index in [1.165, 1.54) is 37.6 Å². The third-order valence-corrected chi connectivity index (χ3v) is 9.11. The van der Waals surface area contributed by atoms with Crippen LogP contribution in [0.3, 0.4) is 0 Å². The molecule has 3 aromatic rings. The summed E-state index contributed by atoms with van der Waals surface area (Å²) in [6.45, 7) is 7.26. The van der Waals surface area contributed by atoms with Gasteiger partial charge in [0.1, 0.15) is 10.7 Å². The summed E-state index contributed by atoms with van der Waals surface area (Å²) in [7, 11) is -4.17. The molecule has 0 saturated carbocycles. The van der Waals surface area contributed by atoms with Crippen molar-refractivity contribution in [3.63, 3.8) is 0 Å². The van der Waals surface area contributed by atoms with E-state index in [9.17, 15) is 18.3 Å². The first kappa shape index (κ1) is 27.0. The molecule has 1 amide bonds. The highest BCUT2D eigenvalue weighted by atomic mass is 32.2. The number of nitrogens with one attached hydrogen (secondary N) is 1. The third kappa shape index (κ3) is 6.28. The van der Waals surface area contributed by atoms with Gasteiger partial charge in [-0.15, -0.1) is 0 Å². The lowest BCUT2D eigenvalue weighted by Gasteiger charge is -2.34. The molecule has 2 aromatic carbocycles. The van der Waals surface area contributed by atoms with Crippen LogP contribution in [-0.4, -0.2) is 59.3 Å². The summed E-state index contributed by atoms with van der Waals surface area (Å²) < 4.78 is 45.8. The first-order valence-electron chi connectivity index (χ1n) is 12.0.